The molecular formula is C9H13Cl3N2O6. The summed E-state index contributed by atoms with van der Waals surface area (Å²) in [5.74, 6) is -2.23. The van der Waals surface area contributed by atoms with Gasteiger partial charge in [0.05, 0.1) is 6.61 Å². The molecule has 0 unspecified atom stereocenters. The Hall–Kier alpha value is -0.960. The highest BCUT2D eigenvalue weighted by atomic mass is 35.6. The fourth-order valence-corrected chi connectivity index (χ4v) is 1.08. The topological polar surface area (TPSA) is 125 Å². The van der Waals surface area contributed by atoms with Crippen LogP contribution >= 0.6 is 34.8 Å². The average molecular weight is 352 g/mol. The zero-order chi connectivity index (χ0) is 15.9. The molecule has 2 amide bonds. The number of aliphatic hydroxyl groups excluding tert-OH is 1. The molecule has 2 atom stereocenters. The molecule has 116 valence electrons. The Morgan fingerprint density at radius 3 is 2.20 bits per heavy atom. The number of carboxylic acid groups (broad SMARTS) is 1. The first-order valence-corrected chi connectivity index (χ1v) is 6.34. The summed E-state index contributed by atoms with van der Waals surface area (Å²) in [6, 6.07) is -2.57. The van der Waals surface area contributed by atoms with Crippen molar-refractivity contribution in [3.05, 3.63) is 0 Å². The minimum Gasteiger partial charge on any atom is -0.480 e. The number of carbonyl (C=O) groups is 3. The summed E-state index contributed by atoms with van der Waals surface area (Å²) in [4.78, 5) is 33.4. The SMILES string of the molecule is C[C@H](NC(=O)OCC(Cl)(Cl)Cl)C(=O)N[C@@H](CO)C(=O)O. The van der Waals surface area contributed by atoms with Gasteiger partial charge in [0.1, 0.15) is 18.7 Å². The number of carbonyl (C=O) groups excluding carboxylic acids is 2. The van der Waals surface area contributed by atoms with E-state index in [9.17, 15) is 14.4 Å². The smallest absolute Gasteiger partial charge is 0.407 e. The van der Waals surface area contributed by atoms with Crippen LogP contribution in [0.2, 0.25) is 0 Å². The van der Waals surface area contributed by atoms with Gasteiger partial charge in [-0.1, -0.05) is 34.8 Å². The maximum atomic E-state index is 11.5. The van der Waals surface area contributed by atoms with E-state index in [1.807, 2.05) is 5.32 Å². The number of rotatable bonds is 6. The quantitative estimate of drug-likeness (QED) is 0.501. The molecule has 0 aliphatic heterocycles. The third-order valence-corrected chi connectivity index (χ3v) is 2.22. The van der Waals surface area contributed by atoms with E-state index in [0.717, 1.165) is 0 Å². The Balaban J connectivity index is 4.25. The third-order valence-electron chi connectivity index (χ3n) is 1.89. The van der Waals surface area contributed by atoms with Crippen LogP contribution in [0, 0.1) is 0 Å². The van der Waals surface area contributed by atoms with E-state index >= 15 is 0 Å². The lowest BCUT2D eigenvalue weighted by Crippen LogP contribution is -2.51. The number of nitrogens with one attached hydrogen (secondary N) is 2. The van der Waals surface area contributed by atoms with Gasteiger partial charge < -0.3 is 25.6 Å². The molecule has 8 nitrogen and oxygen atoms in total. The van der Waals surface area contributed by atoms with E-state index in [-0.39, 0.29) is 0 Å². The van der Waals surface area contributed by atoms with Crippen LogP contribution in [0.3, 0.4) is 0 Å². The highest BCUT2D eigenvalue weighted by Gasteiger charge is 2.25. The molecule has 0 rings (SSSR count). The van der Waals surface area contributed by atoms with Crippen molar-refractivity contribution in [1.29, 1.82) is 0 Å². The Bertz CT molecular complexity index is 373. The molecule has 4 N–H and O–H groups in total. The lowest BCUT2D eigenvalue weighted by atomic mass is 10.2. The lowest BCUT2D eigenvalue weighted by Gasteiger charge is -2.18. The van der Waals surface area contributed by atoms with Crippen LogP contribution in [-0.2, 0) is 14.3 Å². The van der Waals surface area contributed by atoms with E-state index in [1.54, 1.807) is 0 Å². The molecule has 0 radical (unpaired) electrons. The Labute approximate surface area is 129 Å². The van der Waals surface area contributed by atoms with Gasteiger partial charge in [-0.05, 0) is 6.92 Å². The fraction of sp³-hybridized carbons (Fsp3) is 0.667. The van der Waals surface area contributed by atoms with Gasteiger partial charge in [0.15, 0.2) is 0 Å². The monoisotopic (exact) mass is 350 g/mol. The zero-order valence-electron chi connectivity index (χ0n) is 10.2. The lowest BCUT2D eigenvalue weighted by molar-refractivity contribution is -0.143. The normalized spacial score (nSPS) is 14.1. The predicted octanol–water partition coefficient (Wildman–Crippen LogP) is 0.0330. The number of ether oxygens (including phenoxy) is 1. The van der Waals surface area contributed by atoms with Crippen LogP contribution in [-0.4, -0.2) is 57.3 Å². The standard InChI is InChI=1S/C9H13Cl3N2O6/c1-4(6(16)14-5(2-15)7(17)18)13-8(19)20-3-9(10,11)12/h4-5,15H,2-3H2,1H3,(H,13,19)(H,14,16)(H,17,18)/t4-,5-/m0/s1. The second-order valence-electron chi connectivity index (χ2n) is 3.64. The van der Waals surface area contributed by atoms with E-state index in [1.165, 1.54) is 6.92 Å². The molecule has 0 aromatic heterocycles. The Morgan fingerprint density at radius 2 is 1.80 bits per heavy atom. The molecule has 0 heterocycles. The molecule has 0 saturated heterocycles. The van der Waals surface area contributed by atoms with Gasteiger partial charge >= 0.3 is 12.1 Å². The summed E-state index contributed by atoms with van der Waals surface area (Å²) in [6.45, 7) is -0.0278. The number of alkyl carbamates (subject to hydrolysis) is 1. The molecule has 11 heteroatoms. The first kappa shape index (κ1) is 19.0. The average Bonchev–Trinajstić information content (AvgIpc) is 2.31. The number of hydrogen-bond donors (Lipinski definition) is 4. The number of alkyl halides is 3. The molecule has 0 saturated carbocycles. The van der Waals surface area contributed by atoms with E-state index in [0.29, 0.717) is 0 Å². The van der Waals surface area contributed by atoms with Crippen LogP contribution in [0.25, 0.3) is 0 Å². The van der Waals surface area contributed by atoms with Crippen LogP contribution in [0.5, 0.6) is 0 Å². The highest BCUT2D eigenvalue weighted by molar-refractivity contribution is 6.67. The van der Waals surface area contributed by atoms with Crippen LogP contribution < -0.4 is 10.6 Å². The van der Waals surface area contributed by atoms with Crippen molar-refractivity contribution in [3.8, 4) is 0 Å². The van der Waals surface area contributed by atoms with Gasteiger partial charge in [-0.3, -0.25) is 4.79 Å². The summed E-state index contributed by atoms with van der Waals surface area (Å²) in [5, 5.41) is 21.5. The third kappa shape index (κ3) is 8.26. The minimum atomic E-state index is -1.78. The molecule has 0 spiro atoms. The molecule has 0 aromatic rings. The van der Waals surface area contributed by atoms with Crippen LogP contribution in [0.4, 0.5) is 4.79 Å². The first-order valence-electron chi connectivity index (χ1n) is 5.21. The zero-order valence-corrected chi connectivity index (χ0v) is 12.5. The second kappa shape index (κ2) is 8.35. The number of aliphatic hydroxyl groups is 1. The summed E-state index contributed by atoms with van der Waals surface area (Å²) < 4.78 is 2.73. The Kier molecular flexibility index (Phi) is 7.95. The number of halogens is 3. The minimum absolute atomic E-state index is 0.522. The number of aliphatic carboxylic acids is 1. The maximum absolute atomic E-state index is 11.5. The molecule has 20 heavy (non-hydrogen) atoms. The van der Waals surface area contributed by atoms with E-state index in [4.69, 9.17) is 45.0 Å². The largest absolute Gasteiger partial charge is 0.480 e. The summed E-state index contributed by atoms with van der Waals surface area (Å²) in [5.41, 5.74) is 0. The molecule has 0 bridgehead atoms. The first-order chi connectivity index (χ1) is 9.06. The number of carboxylic acids is 1. The Morgan fingerprint density at radius 1 is 1.25 bits per heavy atom. The predicted molar refractivity (Wildman–Crippen MR) is 70.9 cm³/mol. The van der Waals surface area contributed by atoms with Crippen LogP contribution in [0.15, 0.2) is 0 Å². The molecule has 0 aliphatic rings. The maximum Gasteiger partial charge on any atom is 0.407 e. The summed E-state index contributed by atoms with van der Waals surface area (Å²) in [7, 11) is 0. The van der Waals surface area contributed by atoms with E-state index in [2.05, 4.69) is 10.1 Å². The van der Waals surface area contributed by atoms with Gasteiger partial charge in [-0.15, -0.1) is 0 Å². The molecule has 0 aliphatic carbocycles. The summed E-state index contributed by atoms with van der Waals surface area (Å²) in [6.07, 6.45) is -1.02. The van der Waals surface area contributed by atoms with Crippen molar-refractivity contribution in [3.63, 3.8) is 0 Å². The molecule has 0 aromatic carbocycles. The molecular weight excluding hydrogens is 338 g/mol. The van der Waals surface area contributed by atoms with Gasteiger partial charge in [-0.25, -0.2) is 9.59 Å². The van der Waals surface area contributed by atoms with Crippen molar-refractivity contribution in [2.75, 3.05) is 13.2 Å². The molecule has 0 fully saturated rings. The van der Waals surface area contributed by atoms with Crippen molar-refractivity contribution in [2.45, 2.75) is 22.8 Å². The highest BCUT2D eigenvalue weighted by Crippen LogP contribution is 2.25. The van der Waals surface area contributed by atoms with Crippen molar-refractivity contribution < 1.29 is 29.3 Å². The van der Waals surface area contributed by atoms with Gasteiger partial charge in [0.2, 0.25) is 9.70 Å². The fourth-order valence-electron chi connectivity index (χ4n) is 0.914. The second-order valence-corrected chi connectivity index (χ2v) is 6.16. The number of hydrogen-bond acceptors (Lipinski definition) is 5. The number of amides is 2. The van der Waals surface area contributed by atoms with Gasteiger partial charge in [0.25, 0.3) is 0 Å². The van der Waals surface area contributed by atoms with Crippen molar-refractivity contribution in [2.24, 2.45) is 0 Å². The van der Waals surface area contributed by atoms with Crippen molar-refractivity contribution in [1.82, 2.24) is 10.6 Å². The van der Waals surface area contributed by atoms with Gasteiger partial charge in [0, 0.05) is 0 Å². The van der Waals surface area contributed by atoms with Crippen LogP contribution in [0.1, 0.15) is 6.92 Å². The van der Waals surface area contributed by atoms with Crippen molar-refractivity contribution >= 4 is 52.8 Å². The van der Waals surface area contributed by atoms with Gasteiger partial charge in [-0.2, -0.15) is 0 Å². The summed E-state index contributed by atoms with van der Waals surface area (Å²) >= 11 is 16.1. The van der Waals surface area contributed by atoms with E-state index < -0.39 is 47.1 Å².